The summed E-state index contributed by atoms with van der Waals surface area (Å²) < 4.78 is 34.5. The molecule has 1 aliphatic heterocycles. The molecule has 3 rings (SSSR count). The molecule has 0 unspecified atom stereocenters. The van der Waals surface area contributed by atoms with E-state index >= 15 is 0 Å². The van der Waals surface area contributed by atoms with E-state index in [1.165, 1.54) is 17.5 Å². The molecule has 0 aliphatic carbocycles. The molecule has 3 N–H and O–H groups in total. The first-order valence-corrected chi connectivity index (χ1v) is 12.2. The summed E-state index contributed by atoms with van der Waals surface area (Å²) in [5.74, 6) is -4.28. The largest absolute Gasteiger partial charge is 1.00 e. The van der Waals surface area contributed by atoms with Gasteiger partial charge >= 0.3 is 29.6 Å². The standard InChI is InChI=1S/C18H17ClN6O8S2.Na/c1-33-24-12(10-8-34-18(21-10)22-11(26)7-19)15(27)23-13-14(25(17(13)29)35(30,31)32)16(28)20-9-5-3-2-4-6-9;/h2-6,8,13-14H,7H2,1H3,(H,20,28)(H,23,27)(H,21,22,26)(H,30,31,32);/q;+1/p-1/t13-,14-;/m0./s1. The number of benzene rings is 1. The number of hydrogen-bond donors (Lipinski definition) is 3. The first kappa shape index (κ1) is 29.6. The molecule has 4 amide bonds. The van der Waals surface area contributed by atoms with E-state index in [-0.39, 0.29) is 56.3 Å². The summed E-state index contributed by atoms with van der Waals surface area (Å²) in [6, 6.07) is 4.28. The van der Waals surface area contributed by atoms with E-state index in [1.807, 2.05) is 0 Å². The average Bonchev–Trinajstić information content (AvgIpc) is 3.26. The van der Waals surface area contributed by atoms with Crippen LogP contribution in [0, 0.1) is 0 Å². The number of anilines is 2. The van der Waals surface area contributed by atoms with Crippen LogP contribution in [0.1, 0.15) is 5.69 Å². The molecule has 14 nitrogen and oxygen atoms in total. The van der Waals surface area contributed by atoms with E-state index in [2.05, 4.69) is 30.9 Å². The fourth-order valence-electron chi connectivity index (χ4n) is 2.95. The second-order valence-electron chi connectivity index (χ2n) is 6.69. The number of alkyl halides is 1. The molecule has 0 radical (unpaired) electrons. The van der Waals surface area contributed by atoms with Gasteiger partial charge in [-0.15, -0.1) is 22.9 Å². The molecule has 186 valence electrons. The minimum absolute atomic E-state index is 0. The van der Waals surface area contributed by atoms with Gasteiger partial charge in [-0.3, -0.25) is 19.2 Å². The monoisotopic (exact) mass is 566 g/mol. The molecule has 2 aromatic rings. The Morgan fingerprint density at radius 1 is 1.25 bits per heavy atom. The summed E-state index contributed by atoms with van der Waals surface area (Å²) in [5, 5.41) is 11.9. The van der Waals surface area contributed by atoms with Gasteiger partial charge in [-0.2, -0.15) is 0 Å². The smallest absolute Gasteiger partial charge is 0.731 e. The predicted molar refractivity (Wildman–Crippen MR) is 122 cm³/mol. The number of nitrogens with one attached hydrogen (secondary N) is 3. The summed E-state index contributed by atoms with van der Waals surface area (Å²) in [5.41, 5.74) is -0.251. The second kappa shape index (κ2) is 12.6. The van der Waals surface area contributed by atoms with Crippen molar-refractivity contribution in [3.05, 3.63) is 41.4 Å². The van der Waals surface area contributed by atoms with Crippen LogP contribution in [-0.4, -0.2) is 76.7 Å². The maximum absolute atomic E-state index is 12.9. The van der Waals surface area contributed by atoms with Crippen molar-refractivity contribution in [3.8, 4) is 0 Å². The summed E-state index contributed by atoms with van der Waals surface area (Å²) in [7, 11) is -4.23. The Morgan fingerprint density at radius 3 is 2.50 bits per heavy atom. The van der Waals surface area contributed by atoms with Crippen LogP contribution in [0.5, 0.6) is 0 Å². The molecule has 1 aliphatic rings. The molecular weight excluding hydrogens is 551 g/mol. The van der Waals surface area contributed by atoms with Crippen LogP contribution in [-0.2, 0) is 34.3 Å². The number of nitrogens with zero attached hydrogens (tertiary/aromatic N) is 3. The molecule has 18 heteroatoms. The number of para-hydroxylation sites is 1. The van der Waals surface area contributed by atoms with Crippen LogP contribution < -0.4 is 45.5 Å². The molecule has 1 aromatic carbocycles. The third kappa shape index (κ3) is 6.78. The van der Waals surface area contributed by atoms with Gasteiger partial charge in [0.05, 0.1) is 0 Å². The van der Waals surface area contributed by atoms with Crippen molar-refractivity contribution in [1.29, 1.82) is 0 Å². The molecule has 0 spiro atoms. The van der Waals surface area contributed by atoms with E-state index in [4.69, 9.17) is 11.6 Å². The Morgan fingerprint density at radius 2 is 1.92 bits per heavy atom. The molecule has 36 heavy (non-hydrogen) atoms. The molecule has 1 aromatic heterocycles. The van der Waals surface area contributed by atoms with Crippen LogP contribution in [0.2, 0.25) is 0 Å². The molecular formula is C18H16ClN6NaO8S2. The van der Waals surface area contributed by atoms with Gasteiger partial charge < -0.3 is 25.3 Å². The number of rotatable bonds is 9. The van der Waals surface area contributed by atoms with Gasteiger partial charge in [0, 0.05) is 11.1 Å². The fourth-order valence-corrected chi connectivity index (χ4v) is 4.55. The summed E-state index contributed by atoms with van der Waals surface area (Å²) >= 11 is 6.36. The van der Waals surface area contributed by atoms with Crippen molar-refractivity contribution in [1.82, 2.24) is 14.6 Å². The van der Waals surface area contributed by atoms with E-state index in [1.54, 1.807) is 18.2 Å². The van der Waals surface area contributed by atoms with Crippen molar-refractivity contribution >= 4 is 73.4 Å². The number of oxime groups is 1. The van der Waals surface area contributed by atoms with Crippen molar-refractivity contribution in [2.24, 2.45) is 5.16 Å². The number of amides is 4. The van der Waals surface area contributed by atoms with Crippen LogP contribution in [0.25, 0.3) is 0 Å². The van der Waals surface area contributed by atoms with Crippen LogP contribution in [0.15, 0.2) is 40.9 Å². The first-order chi connectivity index (χ1) is 16.6. The zero-order chi connectivity index (χ0) is 25.8. The van der Waals surface area contributed by atoms with Crippen molar-refractivity contribution < 1.29 is 66.5 Å². The van der Waals surface area contributed by atoms with Gasteiger partial charge in [-0.1, -0.05) is 23.4 Å². The molecule has 1 fully saturated rings. The van der Waals surface area contributed by atoms with Crippen molar-refractivity contribution in [2.75, 3.05) is 23.6 Å². The Labute approximate surface area is 235 Å². The van der Waals surface area contributed by atoms with E-state index in [0.29, 0.717) is 0 Å². The number of thiazole rings is 1. The van der Waals surface area contributed by atoms with Gasteiger partial charge in [0.25, 0.3) is 17.7 Å². The zero-order valence-electron chi connectivity index (χ0n) is 18.6. The SMILES string of the molecule is CON=C(C(=O)N[C@@H]1C(=O)N(S(=O)(=O)[O-])[C@@H]1C(=O)Nc1ccccc1)c1csc(NC(=O)CCl)n1.[Na+]. The number of β-lactam (4-membered cyclic amide) rings is 1. The molecule has 1 saturated heterocycles. The third-order valence-electron chi connectivity index (χ3n) is 4.40. The maximum atomic E-state index is 12.9. The number of carbonyl (C=O) groups is 4. The Bertz CT molecular complexity index is 1290. The number of aromatic nitrogens is 1. The minimum Gasteiger partial charge on any atom is -0.731 e. The maximum Gasteiger partial charge on any atom is 1.00 e. The van der Waals surface area contributed by atoms with Gasteiger partial charge in [-0.05, 0) is 12.1 Å². The Balaban J connectivity index is 0.00000456. The van der Waals surface area contributed by atoms with E-state index < -0.39 is 51.7 Å². The molecule has 2 heterocycles. The summed E-state index contributed by atoms with van der Waals surface area (Å²) in [6.45, 7) is 0. The Hall–Kier alpha value is -2.60. The van der Waals surface area contributed by atoms with Crippen LogP contribution >= 0.6 is 22.9 Å². The average molecular weight is 567 g/mol. The van der Waals surface area contributed by atoms with Gasteiger partial charge in [0.1, 0.15) is 24.7 Å². The quantitative estimate of drug-likeness (QED) is 0.0687. The first-order valence-electron chi connectivity index (χ1n) is 9.45. The summed E-state index contributed by atoms with van der Waals surface area (Å²) in [6.07, 6.45) is 0. The molecule has 2 atom stereocenters. The topological polar surface area (TPSA) is 199 Å². The third-order valence-corrected chi connectivity index (χ3v) is 6.29. The molecule has 0 saturated carbocycles. The predicted octanol–water partition coefficient (Wildman–Crippen LogP) is -3.53. The minimum atomic E-state index is -5.36. The number of halogens is 1. The van der Waals surface area contributed by atoms with Crippen molar-refractivity contribution in [3.63, 3.8) is 0 Å². The Kier molecular flexibility index (Phi) is 10.4. The van der Waals surface area contributed by atoms with Gasteiger partial charge in [-0.25, -0.2) is 17.7 Å². The number of hydrogen-bond acceptors (Lipinski definition) is 11. The normalized spacial score (nSPS) is 17.4. The van der Waals surface area contributed by atoms with Crippen LogP contribution in [0.3, 0.4) is 0 Å². The number of carbonyl (C=O) groups excluding carboxylic acids is 4. The van der Waals surface area contributed by atoms with Gasteiger partial charge in [0.2, 0.25) is 5.91 Å². The molecule has 0 bridgehead atoms. The van der Waals surface area contributed by atoms with Gasteiger partial charge in [0.15, 0.2) is 27.2 Å². The second-order valence-corrected chi connectivity index (χ2v) is 9.06. The zero-order valence-corrected chi connectivity index (χ0v) is 23.0. The van der Waals surface area contributed by atoms with Crippen LogP contribution in [0.4, 0.5) is 10.8 Å². The summed E-state index contributed by atoms with van der Waals surface area (Å²) in [4.78, 5) is 58.0. The van der Waals surface area contributed by atoms with E-state index in [0.717, 1.165) is 18.4 Å². The fraction of sp³-hybridized carbons (Fsp3) is 0.222. The van der Waals surface area contributed by atoms with E-state index in [9.17, 15) is 32.1 Å². The van der Waals surface area contributed by atoms with Crippen molar-refractivity contribution in [2.45, 2.75) is 12.1 Å².